The largest absolute Gasteiger partial charge is 0.497 e. The van der Waals surface area contributed by atoms with Gasteiger partial charge in [0.2, 0.25) is 5.91 Å². The summed E-state index contributed by atoms with van der Waals surface area (Å²) < 4.78 is 5.11. The van der Waals surface area contributed by atoms with Gasteiger partial charge in [-0.1, -0.05) is 23.9 Å². The van der Waals surface area contributed by atoms with E-state index in [1.54, 1.807) is 12.0 Å². The highest BCUT2D eigenvalue weighted by atomic mass is 32.2. The molecule has 4 amide bonds. The van der Waals surface area contributed by atoms with E-state index >= 15 is 0 Å². The highest BCUT2D eigenvalue weighted by molar-refractivity contribution is 8.14. The number of carbonyl (C=O) groups is 3. The zero-order valence-electron chi connectivity index (χ0n) is 14.1. The number of hydrogen-bond acceptors (Lipinski definition) is 5. The predicted molar refractivity (Wildman–Crippen MR) is 94.5 cm³/mol. The van der Waals surface area contributed by atoms with Crippen LogP contribution < -0.4 is 10.1 Å². The molecule has 0 spiro atoms. The van der Waals surface area contributed by atoms with Crippen LogP contribution in [0.4, 0.5) is 9.59 Å². The summed E-state index contributed by atoms with van der Waals surface area (Å²) in [6.45, 7) is 1.53. The number of nitrogens with zero attached hydrogens (tertiary/aromatic N) is 2. The van der Waals surface area contributed by atoms with Crippen molar-refractivity contribution in [2.24, 2.45) is 0 Å². The summed E-state index contributed by atoms with van der Waals surface area (Å²) in [6, 6.07) is 7.33. The van der Waals surface area contributed by atoms with Crippen molar-refractivity contribution in [3.63, 3.8) is 0 Å². The van der Waals surface area contributed by atoms with Gasteiger partial charge in [-0.25, -0.2) is 4.79 Å². The van der Waals surface area contributed by atoms with E-state index in [1.807, 2.05) is 24.3 Å². The maximum Gasteiger partial charge on any atom is 0.317 e. The quantitative estimate of drug-likeness (QED) is 0.886. The van der Waals surface area contributed by atoms with E-state index < -0.39 is 0 Å². The summed E-state index contributed by atoms with van der Waals surface area (Å²) in [5.74, 6) is 0.903. The van der Waals surface area contributed by atoms with E-state index in [9.17, 15) is 14.4 Å². The molecule has 2 aliphatic rings. The molecule has 0 aliphatic carbocycles. The lowest BCUT2D eigenvalue weighted by molar-refractivity contribution is -0.126. The number of amides is 4. The maximum absolute atomic E-state index is 12.3. The molecule has 0 bridgehead atoms. The van der Waals surface area contributed by atoms with Crippen molar-refractivity contribution < 1.29 is 19.1 Å². The lowest BCUT2D eigenvalue weighted by Gasteiger charge is -2.35. The second-order valence-electron chi connectivity index (χ2n) is 6.04. The van der Waals surface area contributed by atoms with Gasteiger partial charge >= 0.3 is 6.03 Å². The molecule has 0 unspecified atom stereocenters. The molecule has 0 radical (unpaired) electrons. The van der Waals surface area contributed by atoms with Crippen LogP contribution in [-0.2, 0) is 11.3 Å². The summed E-state index contributed by atoms with van der Waals surface area (Å²) in [7, 11) is 1.61. The van der Waals surface area contributed by atoms with E-state index in [0.29, 0.717) is 32.5 Å². The fourth-order valence-electron chi connectivity index (χ4n) is 3.08. The van der Waals surface area contributed by atoms with Crippen LogP contribution >= 0.6 is 11.8 Å². The molecule has 1 aromatic carbocycles. The monoisotopic (exact) mass is 363 g/mol. The lowest BCUT2D eigenvalue weighted by Crippen LogP contribution is -2.50. The van der Waals surface area contributed by atoms with Crippen LogP contribution in [0.5, 0.6) is 5.75 Å². The number of nitrogens with one attached hydrogen (secondary N) is 1. The van der Waals surface area contributed by atoms with Gasteiger partial charge in [-0.3, -0.25) is 14.5 Å². The lowest BCUT2D eigenvalue weighted by atomic mass is 10.0. The zero-order valence-corrected chi connectivity index (χ0v) is 14.9. The van der Waals surface area contributed by atoms with Crippen LogP contribution in [0.1, 0.15) is 18.4 Å². The van der Waals surface area contributed by atoms with Crippen LogP contribution in [0.15, 0.2) is 24.3 Å². The number of imide groups is 1. The minimum Gasteiger partial charge on any atom is -0.497 e. The number of rotatable bonds is 4. The number of likely N-dealkylation sites (tertiary alicyclic amines) is 1. The first-order valence-electron chi connectivity index (χ1n) is 8.23. The van der Waals surface area contributed by atoms with Crippen molar-refractivity contribution in [3.05, 3.63) is 29.8 Å². The summed E-state index contributed by atoms with van der Waals surface area (Å²) in [6.07, 6.45) is 1.27. The van der Waals surface area contributed by atoms with Gasteiger partial charge in [-0.15, -0.1) is 0 Å². The Balaban J connectivity index is 1.46. The molecule has 1 aromatic rings. The van der Waals surface area contributed by atoms with Crippen LogP contribution in [0.25, 0.3) is 0 Å². The number of benzene rings is 1. The third kappa shape index (κ3) is 4.07. The highest BCUT2D eigenvalue weighted by Gasteiger charge is 2.37. The molecular weight excluding hydrogens is 342 g/mol. The molecule has 8 heteroatoms. The molecule has 1 N–H and O–H groups in total. The molecule has 134 valence electrons. The number of ether oxygens (including phenoxy) is 1. The Morgan fingerprint density at radius 2 is 1.92 bits per heavy atom. The maximum atomic E-state index is 12.3. The molecule has 7 nitrogen and oxygen atoms in total. The first-order valence-corrected chi connectivity index (χ1v) is 9.21. The molecule has 0 aromatic heterocycles. The standard InChI is InChI=1S/C17H21N3O4S/c1-24-14-4-2-12(3-5-14)10-18-16(22)19-8-6-13(7-9-19)20-15(21)11-25-17(20)23/h2-5,13H,6-11H2,1H3,(H,18,22). The minimum absolute atomic E-state index is 0.0827. The molecule has 2 fully saturated rings. The van der Waals surface area contributed by atoms with Gasteiger partial charge in [0, 0.05) is 25.7 Å². The molecular formula is C17H21N3O4S. The summed E-state index contributed by atoms with van der Waals surface area (Å²) in [4.78, 5) is 39.0. The third-order valence-electron chi connectivity index (χ3n) is 4.50. The average molecular weight is 363 g/mol. The molecule has 2 aliphatic heterocycles. The van der Waals surface area contributed by atoms with E-state index in [0.717, 1.165) is 23.1 Å². The van der Waals surface area contributed by atoms with E-state index in [1.165, 1.54) is 4.90 Å². The molecule has 0 saturated carbocycles. The fourth-order valence-corrected chi connectivity index (χ4v) is 3.85. The topological polar surface area (TPSA) is 79.0 Å². The van der Waals surface area contributed by atoms with Crippen LogP contribution in [0.3, 0.4) is 0 Å². The van der Waals surface area contributed by atoms with Crippen LogP contribution in [-0.4, -0.2) is 59.0 Å². The van der Waals surface area contributed by atoms with Gasteiger partial charge in [0.05, 0.1) is 12.9 Å². The van der Waals surface area contributed by atoms with Crippen LogP contribution in [0.2, 0.25) is 0 Å². The number of thioether (sulfide) groups is 1. The Kier molecular flexibility index (Phi) is 5.47. The second-order valence-corrected chi connectivity index (χ2v) is 6.97. The van der Waals surface area contributed by atoms with Gasteiger partial charge in [0.1, 0.15) is 5.75 Å². The Morgan fingerprint density at radius 3 is 2.48 bits per heavy atom. The van der Waals surface area contributed by atoms with Crippen molar-refractivity contribution in [3.8, 4) is 5.75 Å². The van der Waals surface area contributed by atoms with Crippen LogP contribution in [0, 0.1) is 0 Å². The zero-order chi connectivity index (χ0) is 17.8. The Morgan fingerprint density at radius 1 is 1.24 bits per heavy atom. The molecule has 2 heterocycles. The number of methoxy groups -OCH3 is 1. The first kappa shape index (κ1) is 17.6. The van der Waals surface area contributed by atoms with Crippen molar-refractivity contribution in [2.45, 2.75) is 25.4 Å². The second kappa shape index (κ2) is 7.77. The highest BCUT2D eigenvalue weighted by Crippen LogP contribution is 2.26. The fraction of sp³-hybridized carbons (Fsp3) is 0.471. The van der Waals surface area contributed by atoms with E-state index in [2.05, 4.69) is 5.32 Å². The average Bonchev–Trinajstić information content (AvgIpc) is 2.98. The van der Waals surface area contributed by atoms with Gasteiger partial charge in [0.25, 0.3) is 5.24 Å². The van der Waals surface area contributed by atoms with Crippen molar-refractivity contribution >= 4 is 28.9 Å². The van der Waals surface area contributed by atoms with E-state index in [4.69, 9.17) is 4.74 Å². The molecule has 0 atom stereocenters. The minimum atomic E-state index is -0.160. The molecule has 25 heavy (non-hydrogen) atoms. The Bertz CT molecular complexity index is 640. The van der Waals surface area contributed by atoms with Crippen molar-refractivity contribution in [1.82, 2.24) is 15.1 Å². The summed E-state index contributed by atoms with van der Waals surface area (Å²) >= 11 is 1.06. The van der Waals surface area contributed by atoms with Crippen molar-refractivity contribution in [1.29, 1.82) is 0 Å². The van der Waals surface area contributed by atoms with Gasteiger partial charge < -0.3 is 15.0 Å². The van der Waals surface area contributed by atoms with Crippen molar-refractivity contribution in [2.75, 3.05) is 26.0 Å². The predicted octanol–water partition coefficient (Wildman–Crippen LogP) is 2.06. The smallest absolute Gasteiger partial charge is 0.317 e. The number of hydrogen-bond donors (Lipinski definition) is 1. The number of urea groups is 1. The number of carbonyl (C=O) groups excluding carboxylic acids is 3. The van der Waals surface area contributed by atoms with Gasteiger partial charge in [-0.2, -0.15) is 0 Å². The van der Waals surface area contributed by atoms with Gasteiger partial charge in [0.15, 0.2) is 0 Å². The molecule has 2 saturated heterocycles. The normalized spacial score (nSPS) is 18.6. The van der Waals surface area contributed by atoms with Gasteiger partial charge in [-0.05, 0) is 30.5 Å². The third-order valence-corrected chi connectivity index (χ3v) is 5.34. The SMILES string of the molecule is COc1ccc(CNC(=O)N2CCC(N3C(=O)CSC3=O)CC2)cc1. The summed E-state index contributed by atoms with van der Waals surface area (Å²) in [5.41, 5.74) is 0.995. The van der Waals surface area contributed by atoms with E-state index in [-0.39, 0.29) is 29.0 Å². The Labute approximate surface area is 150 Å². The molecule has 3 rings (SSSR count). The summed E-state index contributed by atoms with van der Waals surface area (Å²) in [5, 5.41) is 2.74. The first-order chi connectivity index (χ1) is 12.1. The Hall–Kier alpha value is -2.22. The number of piperidine rings is 1.